The fraction of sp³-hybridized carbons (Fsp3) is 0.571. The SMILES string of the molecule is CC1(C(NN)c2cccc(F)c2F)CCCCC1. The summed E-state index contributed by atoms with van der Waals surface area (Å²) in [4.78, 5) is 0. The highest BCUT2D eigenvalue weighted by atomic mass is 19.2. The lowest BCUT2D eigenvalue weighted by Crippen LogP contribution is -2.41. The lowest BCUT2D eigenvalue weighted by molar-refractivity contribution is 0.142. The van der Waals surface area contributed by atoms with Gasteiger partial charge < -0.3 is 0 Å². The minimum atomic E-state index is -0.813. The van der Waals surface area contributed by atoms with Crippen LogP contribution in [0.5, 0.6) is 0 Å². The molecular formula is C14H20F2N2. The summed E-state index contributed by atoms with van der Waals surface area (Å²) in [5, 5.41) is 0. The van der Waals surface area contributed by atoms with Gasteiger partial charge in [-0.2, -0.15) is 0 Å². The molecule has 0 aromatic heterocycles. The first kappa shape index (κ1) is 13.4. The van der Waals surface area contributed by atoms with Gasteiger partial charge in [-0.15, -0.1) is 0 Å². The van der Waals surface area contributed by atoms with Gasteiger partial charge in [0, 0.05) is 5.56 Å². The standard InChI is InChI=1S/C14H20F2N2/c1-14(8-3-2-4-9-14)13(18-17)10-6-5-7-11(15)12(10)16/h5-7,13,18H,2-4,8-9,17H2,1H3. The van der Waals surface area contributed by atoms with E-state index in [1.807, 2.05) is 0 Å². The summed E-state index contributed by atoms with van der Waals surface area (Å²) in [5.41, 5.74) is 2.92. The first-order valence-electron chi connectivity index (χ1n) is 6.48. The molecule has 1 aliphatic carbocycles. The van der Waals surface area contributed by atoms with Gasteiger partial charge >= 0.3 is 0 Å². The van der Waals surface area contributed by atoms with E-state index in [0.29, 0.717) is 5.56 Å². The largest absolute Gasteiger partial charge is 0.271 e. The maximum atomic E-state index is 13.9. The van der Waals surface area contributed by atoms with Gasteiger partial charge in [-0.05, 0) is 24.3 Å². The molecule has 3 N–H and O–H groups in total. The Morgan fingerprint density at radius 1 is 1.22 bits per heavy atom. The molecule has 2 rings (SSSR count). The zero-order valence-corrected chi connectivity index (χ0v) is 10.7. The van der Waals surface area contributed by atoms with E-state index < -0.39 is 11.6 Å². The summed E-state index contributed by atoms with van der Waals surface area (Å²) in [6, 6.07) is 3.94. The molecule has 0 saturated heterocycles. The number of halogens is 2. The highest BCUT2D eigenvalue weighted by Gasteiger charge is 2.37. The Labute approximate surface area is 107 Å². The predicted octanol–water partition coefficient (Wildman–Crippen LogP) is 3.44. The Morgan fingerprint density at radius 3 is 2.50 bits per heavy atom. The number of hydrogen-bond donors (Lipinski definition) is 2. The Kier molecular flexibility index (Phi) is 3.97. The van der Waals surface area contributed by atoms with Crippen molar-refractivity contribution in [1.82, 2.24) is 5.43 Å². The van der Waals surface area contributed by atoms with Crippen LogP contribution in [0, 0.1) is 17.0 Å². The Morgan fingerprint density at radius 2 is 1.89 bits per heavy atom. The lowest BCUT2D eigenvalue weighted by atomic mass is 9.69. The van der Waals surface area contributed by atoms with E-state index in [0.717, 1.165) is 31.7 Å². The van der Waals surface area contributed by atoms with Crippen LogP contribution in [0.25, 0.3) is 0 Å². The first-order valence-corrected chi connectivity index (χ1v) is 6.48. The molecule has 0 bridgehead atoms. The Bertz CT molecular complexity index is 414. The summed E-state index contributed by atoms with van der Waals surface area (Å²) >= 11 is 0. The third-order valence-electron chi connectivity index (χ3n) is 4.15. The molecule has 2 nitrogen and oxygen atoms in total. The molecule has 0 amide bonds. The highest BCUT2D eigenvalue weighted by molar-refractivity contribution is 5.24. The molecule has 1 fully saturated rings. The summed E-state index contributed by atoms with van der Waals surface area (Å²) in [7, 11) is 0. The van der Waals surface area contributed by atoms with Crippen LogP contribution in [-0.2, 0) is 0 Å². The summed E-state index contributed by atoms with van der Waals surface area (Å²) < 4.78 is 27.2. The predicted molar refractivity (Wildman–Crippen MR) is 67.6 cm³/mol. The average molecular weight is 254 g/mol. The van der Waals surface area contributed by atoms with Crippen LogP contribution in [0.2, 0.25) is 0 Å². The summed E-state index contributed by atoms with van der Waals surface area (Å²) in [6.45, 7) is 2.10. The first-order chi connectivity index (χ1) is 8.58. The zero-order valence-electron chi connectivity index (χ0n) is 10.7. The number of nitrogens with one attached hydrogen (secondary N) is 1. The van der Waals surface area contributed by atoms with Crippen LogP contribution >= 0.6 is 0 Å². The van der Waals surface area contributed by atoms with E-state index in [-0.39, 0.29) is 11.5 Å². The number of hydrazine groups is 1. The summed E-state index contributed by atoms with van der Waals surface area (Å²) in [6.07, 6.45) is 5.41. The monoisotopic (exact) mass is 254 g/mol. The van der Waals surface area contributed by atoms with Gasteiger partial charge in [0.25, 0.3) is 0 Å². The van der Waals surface area contributed by atoms with Crippen LogP contribution in [0.3, 0.4) is 0 Å². The van der Waals surface area contributed by atoms with Crippen molar-refractivity contribution in [2.24, 2.45) is 11.3 Å². The van der Waals surface area contributed by atoms with E-state index in [2.05, 4.69) is 12.3 Å². The second kappa shape index (κ2) is 5.33. The van der Waals surface area contributed by atoms with Crippen molar-refractivity contribution in [2.45, 2.75) is 45.1 Å². The topological polar surface area (TPSA) is 38.0 Å². The number of benzene rings is 1. The third-order valence-corrected chi connectivity index (χ3v) is 4.15. The van der Waals surface area contributed by atoms with Crippen LogP contribution in [0.1, 0.15) is 50.6 Å². The van der Waals surface area contributed by atoms with Crippen LogP contribution in [0.15, 0.2) is 18.2 Å². The molecule has 1 unspecified atom stereocenters. The fourth-order valence-electron chi connectivity index (χ4n) is 3.06. The van der Waals surface area contributed by atoms with Gasteiger partial charge in [0.05, 0.1) is 6.04 Å². The van der Waals surface area contributed by atoms with Gasteiger partial charge in [-0.1, -0.05) is 38.3 Å². The molecule has 18 heavy (non-hydrogen) atoms. The van der Waals surface area contributed by atoms with Crippen molar-refractivity contribution < 1.29 is 8.78 Å². The maximum Gasteiger partial charge on any atom is 0.163 e. The van der Waals surface area contributed by atoms with Gasteiger partial charge in [0.2, 0.25) is 0 Å². The molecule has 0 aliphatic heterocycles. The molecule has 1 aliphatic rings. The number of hydrogen-bond acceptors (Lipinski definition) is 2. The second-order valence-corrected chi connectivity index (χ2v) is 5.46. The van der Waals surface area contributed by atoms with E-state index >= 15 is 0 Å². The lowest BCUT2D eigenvalue weighted by Gasteiger charge is -2.40. The van der Waals surface area contributed by atoms with Gasteiger partial charge in [-0.3, -0.25) is 11.3 Å². The van der Waals surface area contributed by atoms with E-state index in [1.54, 1.807) is 6.07 Å². The normalized spacial score (nSPS) is 20.7. The van der Waals surface area contributed by atoms with Crippen molar-refractivity contribution >= 4 is 0 Å². The van der Waals surface area contributed by atoms with Crippen molar-refractivity contribution in [2.75, 3.05) is 0 Å². The van der Waals surface area contributed by atoms with Crippen LogP contribution in [-0.4, -0.2) is 0 Å². The Balaban J connectivity index is 2.35. The minimum absolute atomic E-state index is 0.109. The van der Waals surface area contributed by atoms with E-state index in [9.17, 15) is 8.78 Å². The molecule has 0 heterocycles. The van der Waals surface area contributed by atoms with Gasteiger partial charge in [0.15, 0.2) is 11.6 Å². The quantitative estimate of drug-likeness (QED) is 0.640. The maximum absolute atomic E-state index is 13.9. The van der Waals surface area contributed by atoms with Crippen molar-refractivity contribution in [1.29, 1.82) is 0 Å². The van der Waals surface area contributed by atoms with Crippen LogP contribution < -0.4 is 11.3 Å². The molecular weight excluding hydrogens is 234 g/mol. The fourth-order valence-corrected chi connectivity index (χ4v) is 3.06. The van der Waals surface area contributed by atoms with Crippen molar-refractivity contribution in [3.63, 3.8) is 0 Å². The van der Waals surface area contributed by atoms with Gasteiger partial charge in [0.1, 0.15) is 0 Å². The minimum Gasteiger partial charge on any atom is -0.271 e. The van der Waals surface area contributed by atoms with Crippen LogP contribution in [0.4, 0.5) is 8.78 Å². The number of nitrogens with two attached hydrogens (primary N) is 1. The average Bonchev–Trinajstić information content (AvgIpc) is 2.36. The number of rotatable bonds is 3. The van der Waals surface area contributed by atoms with Crippen molar-refractivity contribution in [3.8, 4) is 0 Å². The van der Waals surface area contributed by atoms with E-state index in [1.165, 1.54) is 12.5 Å². The molecule has 1 aromatic rings. The third kappa shape index (κ3) is 2.40. The second-order valence-electron chi connectivity index (χ2n) is 5.46. The molecule has 1 atom stereocenters. The molecule has 1 saturated carbocycles. The van der Waals surface area contributed by atoms with E-state index in [4.69, 9.17) is 5.84 Å². The Hall–Kier alpha value is -1.00. The molecule has 4 heteroatoms. The highest BCUT2D eigenvalue weighted by Crippen LogP contribution is 2.45. The molecule has 1 aromatic carbocycles. The molecule has 0 radical (unpaired) electrons. The molecule has 100 valence electrons. The van der Waals surface area contributed by atoms with Crippen molar-refractivity contribution in [3.05, 3.63) is 35.4 Å². The summed E-state index contributed by atoms with van der Waals surface area (Å²) in [5.74, 6) is 4.00. The van der Waals surface area contributed by atoms with Gasteiger partial charge in [-0.25, -0.2) is 8.78 Å². The zero-order chi connectivity index (χ0) is 13.2. The molecule has 0 spiro atoms. The smallest absolute Gasteiger partial charge is 0.163 e.